The van der Waals surface area contributed by atoms with Crippen LogP contribution in [0, 0.1) is 0 Å². The lowest BCUT2D eigenvalue weighted by Crippen LogP contribution is -2.42. The van der Waals surface area contributed by atoms with E-state index in [1.165, 1.54) is 16.7 Å². The van der Waals surface area contributed by atoms with Crippen LogP contribution in [-0.2, 0) is 17.1 Å². The first-order chi connectivity index (χ1) is 9.97. The predicted octanol–water partition coefficient (Wildman–Crippen LogP) is 0.584. The highest BCUT2D eigenvalue weighted by Crippen LogP contribution is 2.19. The molecular formula is C13H18ClN3O4S. The molecule has 122 valence electrons. The molecule has 1 aromatic heterocycles. The van der Waals surface area contributed by atoms with Crippen molar-refractivity contribution in [1.29, 1.82) is 0 Å². The third-order valence-corrected chi connectivity index (χ3v) is 5.25. The van der Waals surface area contributed by atoms with Crippen LogP contribution in [0.5, 0.6) is 0 Å². The van der Waals surface area contributed by atoms with E-state index in [1.54, 1.807) is 13.1 Å². The van der Waals surface area contributed by atoms with E-state index in [0.29, 0.717) is 5.52 Å². The molecular weight excluding hydrogens is 330 g/mol. The largest absolute Gasteiger partial charge is 0.419 e. The van der Waals surface area contributed by atoms with E-state index < -0.39 is 15.8 Å². The van der Waals surface area contributed by atoms with Crippen molar-refractivity contribution < 1.29 is 12.8 Å². The number of piperidine rings is 1. The smallest absolute Gasteiger partial charge is 0.408 e. The molecule has 2 N–H and O–H groups in total. The molecule has 1 fully saturated rings. The van der Waals surface area contributed by atoms with Gasteiger partial charge in [0.1, 0.15) is 0 Å². The SMILES string of the molecule is Cl.Cn1c(=O)oc2cc(S(=O)(=O)NC3CCNCC3)ccc21. The summed E-state index contributed by atoms with van der Waals surface area (Å²) in [5.74, 6) is -0.508. The lowest BCUT2D eigenvalue weighted by molar-refractivity contribution is 0.427. The summed E-state index contributed by atoms with van der Waals surface area (Å²) in [4.78, 5) is 11.6. The maximum absolute atomic E-state index is 12.4. The number of nitrogens with zero attached hydrogens (tertiary/aromatic N) is 1. The number of hydrogen-bond donors (Lipinski definition) is 2. The second-order valence-electron chi connectivity index (χ2n) is 5.20. The molecule has 0 amide bonds. The van der Waals surface area contributed by atoms with Gasteiger partial charge in [0.2, 0.25) is 10.0 Å². The Morgan fingerprint density at radius 2 is 2.00 bits per heavy atom. The van der Waals surface area contributed by atoms with Crippen molar-refractivity contribution in [2.24, 2.45) is 7.05 Å². The Labute approximate surface area is 134 Å². The van der Waals surface area contributed by atoms with E-state index in [0.717, 1.165) is 25.9 Å². The number of fused-ring (bicyclic) bond motifs is 1. The zero-order valence-corrected chi connectivity index (χ0v) is 13.7. The molecule has 2 heterocycles. The van der Waals surface area contributed by atoms with Gasteiger partial charge in [-0.25, -0.2) is 17.9 Å². The fraction of sp³-hybridized carbons (Fsp3) is 0.462. The van der Waals surface area contributed by atoms with Gasteiger partial charge in [0.05, 0.1) is 10.4 Å². The Hall–Kier alpha value is -1.35. The third kappa shape index (κ3) is 3.19. The zero-order valence-electron chi connectivity index (χ0n) is 12.0. The topological polar surface area (TPSA) is 93.3 Å². The van der Waals surface area contributed by atoms with Crippen molar-refractivity contribution in [3.8, 4) is 0 Å². The molecule has 0 spiro atoms. The Morgan fingerprint density at radius 3 is 2.68 bits per heavy atom. The van der Waals surface area contributed by atoms with E-state index >= 15 is 0 Å². The summed E-state index contributed by atoms with van der Waals surface area (Å²) in [7, 11) is -2.03. The van der Waals surface area contributed by atoms with E-state index in [-0.39, 0.29) is 28.9 Å². The van der Waals surface area contributed by atoms with Gasteiger partial charge in [-0.05, 0) is 38.1 Å². The second kappa shape index (κ2) is 6.41. The molecule has 2 aromatic rings. The molecule has 1 aromatic carbocycles. The lowest BCUT2D eigenvalue weighted by atomic mass is 10.1. The first-order valence-corrected chi connectivity index (χ1v) is 8.28. The van der Waals surface area contributed by atoms with Gasteiger partial charge in [-0.2, -0.15) is 0 Å². The minimum absolute atomic E-state index is 0. The molecule has 0 saturated carbocycles. The number of rotatable bonds is 3. The first kappa shape index (κ1) is 17.0. The van der Waals surface area contributed by atoms with Gasteiger partial charge < -0.3 is 9.73 Å². The molecule has 1 aliphatic heterocycles. The average Bonchev–Trinajstić information content (AvgIpc) is 2.74. The molecule has 1 aliphatic rings. The summed E-state index contributed by atoms with van der Waals surface area (Å²) in [6.45, 7) is 1.61. The summed E-state index contributed by atoms with van der Waals surface area (Å²) in [5.41, 5.74) is 0.844. The van der Waals surface area contributed by atoms with Crippen LogP contribution in [0.4, 0.5) is 0 Å². The molecule has 0 atom stereocenters. The zero-order chi connectivity index (χ0) is 15.0. The monoisotopic (exact) mass is 347 g/mol. The third-order valence-electron chi connectivity index (χ3n) is 3.74. The van der Waals surface area contributed by atoms with Crippen LogP contribution < -0.4 is 15.8 Å². The summed E-state index contributed by atoms with van der Waals surface area (Å²) in [6, 6.07) is 4.40. The Kier molecular flexibility index (Phi) is 4.96. The normalized spacial score (nSPS) is 16.6. The van der Waals surface area contributed by atoms with Gasteiger partial charge in [-0.15, -0.1) is 12.4 Å². The Balaban J connectivity index is 0.00000176. The number of benzene rings is 1. The minimum Gasteiger partial charge on any atom is -0.408 e. The lowest BCUT2D eigenvalue weighted by Gasteiger charge is -2.23. The van der Waals surface area contributed by atoms with Crippen LogP contribution in [-0.4, -0.2) is 32.1 Å². The number of nitrogens with one attached hydrogen (secondary N) is 2. The van der Waals surface area contributed by atoms with Gasteiger partial charge in [-0.3, -0.25) is 4.57 Å². The van der Waals surface area contributed by atoms with Crippen molar-refractivity contribution >= 4 is 33.5 Å². The summed E-state index contributed by atoms with van der Waals surface area (Å²) in [6.07, 6.45) is 1.53. The van der Waals surface area contributed by atoms with Crippen LogP contribution in [0.2, 0.25) is 0 Å². The van der Waals surface area contributed by atoms with Gasteiger partial charge in [0.15, 0.2) is 5.58 Å². The fourth-order valence-electron chi connectivity index (χ4n) is 2.51. The van der Waals surface area contributed by atoms with Crippen LogP contribution in [0.25, 0.3) is 11.1 Å². The molecule has 7 nitrogen and oxygen atoms in total. The maximum Gasteiger partial charge on any atom is 0.419 e. The van der Waals surface area contributed by atoms with Crippen molar-refractivity contribution in [1.82, 2.24) is 14.6 Å². The van der Waals surface area contributed by atoms with E-state index in [4.69, 9.17) is 4.42 Å². The standard InChI is InChI=1S/C13H17N3O4S.ClH/c1-16-11-3-2-10(8-12(11)20-13(16)17)21(18,19)15-9-4-6-14-7-5-9;/h2-3,8-9,14-15H,4-7H2,1H3;1H. The van der Waals surface area contributed by atoms with E-state index in [9.17, 15) is 13.2 Å². The molecule has 0 radical (unpaired) electrons. The van der Waals surface area contributed by atoms with E-state index in [2.05, 4.69) is 10.0 Å². The van der Waals surface area contributed by atoms with Gasteiger partial charge >= 0.3 is 5.76 Å². The van der Waals surface area contributed by atoms with E-state index in [1.807, 2.05) is 0 Å². The highest BCUT2D eigenvalue weighted by molar-refractivity contribution is 7.89. The molecule has 0 bridgehead atoms. The van der Waals surface area contributed by atoms with Crippen LogP contribution in [0.15, 0.2) is 32.3 Å². The number of aromatic nitrogens is 1. The molecule has 3 rings (SSSR count). The highest BCUT2D eigenvalue weighted by atomic mass is 35.5. The first-order valence-electron chi connectivity index (χ1n) is 6.80. The van der Waals surface area contributed by atoms with Crippen molar-refractivity contribution in [3.05, 3.63) is 28.7 Å². The molecule has 0 unspecified atom stereocenters. The maximum atomic E-state index is 12.4. The van der Waals surface area contributed by atoms with Gasteiger partial charge in [0.25, 0.3) is 0 Å². The van der Waals surface area contributed by atoms with Crippen molar-refractivity contribution in [3.63, 3.8) is 0 Å². The number of hydrogen-bond acceptors (Lipinski definition) is 5. The van der Waals surface area contributed by atoms with Crippen LogP contribution in [0.1, 0.15) is 12.8 Å². The predicted molar refractivity (Wildman–Crippen MR) is 84.9 cm³/mol. The number of sulfonamides is 1. The van der Waals surface area contributed by atoms with Crippen LogP contribution >= 0.6 is 12.4 Å². The molecule has 9 heteroatoms. The minimum atomic E-state index is -3.60. The summed E-state index contributed by atoms with van der Waals surface area (Å²) < 4.78 is 33.8. The molecule has 1 saturated heterocycles. The van der Waals surface area contributed by atoms with Gasteiger partial charge in [-0.1, -0.05) is 0 Å². The summed E-state index contributed by atoms with van der Waals surface area (Å²) >= 11 is 0. The Morgan fingerprint density at radius 1 is 1.32 bits per heavy atom. The van der Waals surface area contributed by atoms with Crippen molar-refractivity contribution in [2.75, 3.05) is 13.1 Å². The second-order valence-corrected chi connectivity index (χ2v) is 6.92. The Bertz CT molecular complexity index is 821. The summed E-state index contributed by atoms with van der Waals surface area (Å²) in [5, 5.41) is 3.19. The van der Waals surface area contributed by atoms with Crippen LogP contribution in [0.3, 0.4) is 0 Å². The highest BCUT2D eigenvalue weighted by Gasteiger charge is 2.22. The average molecular weight is 348 g/mol. The van der Waals surface area contributed by atoms with Crippen molar-refractivity contribution in [2.45, 2.75) is 23.8 Å². The number of oxazole rings is 1. The number of aryl methyl sites for hydroxylation is 1. The quantitative estimate of drug-likeness (QED) is 0.847. The molecule has 22 heavy (non-hydrogen) atoms. The number of halogens is 1. The molecule has 0 aliphatic carbocycles. The van der Waals surface area contributed by atoms with Gasteiger partial charge in [0, 0.05) is 19.2 Å². The fourth-order valence-corrected chi connectivity index (χ4v) is 3.83.